The fourth-order valence-electron chi connectivity index (χ4n) is 10.3. The molecular formula is C72H73Cl2SiZr-3. The van der Waals surface area contributed by atoms with Crippen molar-refractivity contribution in [2.24, 2.45) is 0 Å². The minimum Gasteiger partial charge on any atom is -0.184 e. The molecule has 1 aliphatic rings. The van der Waals surface area contributed by atoms with Crippen LogP contribution in [0.4, 0.5) is 0 Å². The second-order valence-corrected chi connectivity index (χ2v) is 27.2. The first kappa shape index (κ1) is 56.9. The molecule has 4 heteroatoms. The normalized spacial score (nSPS) is 11.7. The van der Waals surface area contributed by atoms with Gasteiger partial charge in [-0.25, -0.2) is 0 Å². The Morgan fingerprint density at radius 2 is 0.763 bits per heavy atom. The van der Waals surface area contributed by atoms with E-state index in [2.05, 4.69) is 271 Å². The molecule has 0 spiro atoms. The molecule has 1 heterocycles. The minimum absolute atomic E-state index is 0.507. The molecule has 2 radical (unpaired) electrons. The van der Waals surface area contributed by atoms with Crippen LogP contribution in [0.25, 0.3) is 77.2 Å². The molecule has 0 nitrogen and oxygen atoms in total. The molecule has 0 saturated carbocycles. The van der Waals surface area contributed by atoms with Crippen LogP contribution in [-0.2, 0) is 20.8 Å². The maximum absolute atomic E-state index is 4.93. The van der Waals surface area contributed by atoms with Crippen molar-refractivity contribution in [3.8, 4) is 55.6 Å². The summed E-state index contributed by atoms with van der Waals surface area (Å²) in [4.78, 5) is 0. The topological polar surface area (TPSA) is 0 Å². The molecule has 0 atom stereocenters. The molecule has 0 aliphatic carbocycles. The molecule has 0 bridgehead atoms. The van der Waals surface area contributed by atoms with Gasteiger partial charge in [0.25, 0.3) is 0 Å². The van der Waals surface area contributed by atoms with Gasteiger partial charge >= 0.3 is 37.9 Å². The van der Waals surface area contributed by atoms with Crippen molar-refractivity contribution < 1.29 is 20.8 Å². The van der Waals surface area contributed by atoms with E-state index in [1.165, 1.54) is 121 Å². The molecule has 0 amide bonds. The van der Waals surface area contributed by atoms with Gasteiger partial charge in [-0.2, -0.15) is 41.6 Å². The van der Waals surface area contributed by atoms with Gasteiger partial charge in [-0.3, -0.25) is 0 Å². The molecule has 0 fully saturated rings. The Bertz CT molecular complexity index is 3230. The van der Waals surface area contributed by atoms with Gasteiger partial charge in [0, 0.05) is 0 Å². The van der Waals surface area contributed by atoms with Crippen molar-refractivity contribution in [1.82, 2.24) is 0 Å². The van der Waals surface area contributed by atoms with Crippen molar-refractivity contribution in [1.29, 1.82) is 0 Å². The molecule has 1 aliphatic heterocycles. The standard InChI is InChI=1S/2C30H33.C12H7Si.2ClH.Zr/c2*1-19(2)24-15-25(20(3)4)17-27(16-24)30-28(22-10-8-7-9-11-22)13-12-23-14-26(21(5)6)18-29(23)30;1-3-7-11-9(5-1)10-6-2-4-8-12(10)13-11;;;/h2*7-21H,1-6H3;1-7H;2*1H;/q3*-1;;;+2/p-2. The first-order valence-electron chi connectivity index (χ1n) is 27.3. The molecule has 10 aromatic rings. The second kappa shape index (κ2) is 25.9. The average Bonchev–Trinajstić information content (AvgIpc) is 4.18. The quantitative estimate of drug-likeness (QED) is 0.0946. The minimum atomic E-state index is -0.826. The Kier molecular flexibility index (Phi) is 19.4. The van der Waals surface area contributed by atoms with E-state index in [0.29, 0.717) is 35.5 Å². The van der Waals surface area contributed by atoms with Gasteiger partial charge < -0.3 is 0 Å². The van der Waals surface area contributed by atoms with Crippen LogP contribution in [-0.4, -0.2) is 9.52 Å². The largest absolute Gasteiger partial charge is 0.184 e. The maximum atomic E-state index is 4.93. The number of hydrogen-bond acceptors (Lipinski definition) is 0. The first-order chi connectivity index (χ1) is 36.6. The predicted octanol–water partition coefficient (Wildman–Crippen LogP) is 21.0. The molecule has 11 rings (SSSR count). The van der Waals surface area contributed by atoms with Gasteiger partial charge in [0.2, 0.25) is 0 Å². The zero-order valence-electron chi connectivity index (χ0n) is 46.6. The number of benzene rings is 8. The SMILES string of the molecule is CC(C)c1cc(-c2c(-c3ccccc3)ccc3[cH-]c(C(C)C)cc23)cc(C(C)C)c1.CC(C)c1cc(-c2c(-c3ccccc3)ccc3[cH-]c(C(C)C)cc23)cc(C(C)C)c1.[Cl][Zr][Cl].[c-]1cccc2c1[Si]c1ccccc1-2. The number of hydrogen-bond donors (Lipinski definition) is 0. The molecule has 0 unspecified atom stereocenters. The van der Waals surface area contributed by atoms with Crippen LogP contribution in [0.15, 0.2) is 188 Å². The summed E-state index contributed by atoms with van der Waals surface area (Å²) in [6.45, 7) is 27.5. The Morgan fingerprint density at radius 3 is 1.16 bits per heavy atom. The maximum Gasteiger partial charge on any atom is 0.0920 e. The summed E-state index contributed by atoms with van der Waals surface area (Å²) in [5.41, 5.74) is 21.9. The van der Waals surface area contributed by atoms with Gasteiger partial charge in [0.05, 0.1) is 9.52 Å². The van der Waals surface area contributed by atoms with Gasteiger partial charge in [0.15, 0.2) is 0 Å². The summed E-state index contributed by atoms with van der Waals surface area (Å²) < 4.78 is 0. The van der Waals surface area contributed by atoms with Gasteiger partial charge in [-0.05, 0) is 91.1 Å². The molecule has 0 N–H and O–H groups in total. The Balaban J connectivity index is 0.000000157. The van der Waals surface area contributed by atoms with Crippen molar-refractivity contribution in [3.05, 3.63) is 228 Å². The summed E-state index contributed by atoms with van der Waals surface area (Å²) in [5, 5.41) is 8.25. The van der Waals surface area contributed by atoms with Crippen molar-refractivity contribution in [3.63, 3.8) is 0 Å². The van der Waals surface area contributed by atoms with Crippen LogP contribution in [0, 0.1) is 6.07 Å². The second-order valence-electron chi connectivity index (χ2n) is 22.2. The molecular weight excluding hydrogens is 1060 g/mol. The Morgan fingerprint density at radius 1 is 0.382 bits per heavy atom. The summed E-state index contributed by atoms with van der Waals surface area (Å²) in [5.74, 6) is 3.08. The summed E-state index contributed by atoms with van der Waals surface area (Å²) in [7, 11) is 10.7. The van der Waals surface area contributed by atoms with Gasteiger partial charge in [-0.1, -0.05) is 238 Å². The van der Waals surface area contributed by atoms with E-state index in [-0.39, 0.29) is 0 Å². The van der Waals surface area contributed by atoms with Crippen molar-refractivity contribution >= 4 is 58.5 Å². The van der Waals surface area contributed by atoms with Crippen LogP contribution in [0.2, 0.25) is 0 Å². The fourth-order valence-corrected chi connectivity index (χ4v) is 11.6. The van der Waals surface area contributed by atoms with Crippen molar-refractivity contribution in [2.45, 2.75) is 119 Å². The Hall–Kier alpha value is -5.34. The van der Waals surface area contributed by atoms with E-state index in [1.54, 1.807) is 0 Å². The van der Waals surface area contributed by atoms with Gasteiger partial charge in [0.1, 0.15) is 0 Å². The van der Waals surface area contributed by atoms with E-state index in [9.17, 15) is 0 Å². The summed E-state index contributed by atoms with van der Waals surface area (Å²) in [6, 6.07) is 73.1. The first-order valence-corrected chi connectivity index (χ1v) is 34.6. The third-order valence-corrected chi connectivity index (χ3v) is 16.2. The van der Waals surface area contributed by atoms with E-state index < -0.39 is 20.8 Å². The smallest absolute Gasteiger partial charge is 0.0920 e. The molecule has 0 aromatic heterocycles. The summed E-state index contributed by atoms with van der Waals surface area (Å²) >= 11 is -0.826. The molecule has 0 saturated heterocycles. The van der Waals surface area contributed by atoms with E-state index >= 15 is 0 Å². The van der Waals surface area contributed by atoms with E-state index in [4.69, 9.17) is 17.0 Å². The zero-order chi connectivity index (χ0) is 54.2. The third kappa shape index (κ3) is 13.1. The Labute approximate surface area is 477 Å². The summed E-state index contributed by atoms with van der Waals surface area (Å²) in [6.07, 6.45) is 0. The van der Waals surface area contributed by atoms with Crippen LogP contribution >= 0.6 is 17.0 Å². The predicted molar refractivity (Wildman–Crippen MR) is 333 cm³/mol. The van der Waals surface area contributed by atoms with Crippen molar-refractivity contribution in [2.75, 3.05) is 0 Å². The monoisotopic (exact) mass is 1130 g/mol. The molecule has 386 valence electrons. The number of rotatable bonds is 10. The fraction of sp³-hybridized carbons (Fsp3) is 0.250. The van der Waals surface area contributed by atoms with Crippen LogP contribution in [0.3, 0.4) is 0 Å². The van der Waals surface area contributed by atoms with Crippen LogP contribution < -0.4 is 10.4 Å². The van der Waals surface area contributed by atoms with Crippen LogP contribution in [0.5, 0.6) is 0 Å². The number of halogens is 2. The van der Waals surface area contributed by atoms with E-state index in [1.807, 2.05) is 6.07 Å². The molecule has 76 heavy (non-hydrogen) atoms. The average molecular weight is 1130 g/mol. The van der Waals surface area contributed by atoms with E-state index in [0.717, 1.165) is 9.52 Å². The zero-order valence-corrected chi connectivity index (χ0v) is 51.6. The number of fused-ring (bicyclic) bond motifs is 5. The third-order valence-electron chi connectivity index (χ3n) is 14.9. The van der Waals surface area contributed by atoms with Gasteiger partial charge in [-0.15, -0.1) is 62.5 Å². The van der Waals surface area contributed by atoms with Crippen LogP contribution in [0.1, 0.15) is 152 Å². The molecule has 10 aromatic carbocycles.